The van der Waals surface area contributed by atoms with Gasteiger partial charge in [-0.2, -0.15) is 4.98 Å². The van der Waals surface area contributed by atoms with E-state index in [2.05, 4.69) is 51.4 Å². The summed E-state index contributed by atoms with van der Waals surface area (Å²) in [6.07, 6.45) is 2.96. The Balaban J connectivity index is 1.58. The van der Waals surface area contributed by atoms with Crippen LogP contribution >= 0.6 is 0 Å². The number of hydrogen-bond acceptors (Lipinski definition) is 5. The molecule has 0 amide bonds. The Morgan fingerprint density at radius 2 is 2.09 bits per heavy atom. The van der Waals surface area contributed by atoms with Gasteiger partial charge < -0.3 is 10.2 Å². The normalized spacial score (nSPS) is 18.1. The van der Waals surface area contributed by atoms with Crippen LogP contribution in [0.4, 0.5) is 11.8 Å². The first-order valence-corrected chi connectivity index (χ1v) is 8.15. The number of nitrogens with one attached hydrogen (secondary N) is 1. The number of rotatable bonds is 5. The SMILES string of the molecule is Cc1ccccc1CN1CCC(Nc2ccnc(N(C)C)n2)C1. The average Bonchev–Trinajstić information content (AvgIpc) is 2.97. The number of likely N-dealkylation sites (tertiary alicyclic amines) is 1. The maximum absolute atomic E-state index is 4.54. The van der Waals surface area contributed by atoms with Gasteiger partial charge in [-0.3, -0.25) is 4.90 Å². The van der Waals surface area contributed by atoms with Gasteiger partial charge in [0.25, 0.3) is 0 Å². The second-order valence-corrected chi connectivity index (χ2v) is 6.43. The van der Waals surface area contributed by atoms with Crippen molar-refractivity contribution < 1.29 is 0 Å². The van der Waals surface area contributed by atoms with Crippen molar-refractivity contribution in [3.05, 3.63) is 47.7 Å². The first kappa shape index (κ1) is 15.7. The van der Waals surface area contributed by atoms with Crippen molar-refractivity contribution >= 4 is 11.8 Å². The van der Waals surface area contributed by atoms with Gasteiger partial charge in [-0.25, -0.2) is 4.98 Å². The predicted octanol–water partition coefficient (Wildman–Crippen LogP) is 2.54. The molecule has 23 heavy (non-hydrogen) atoms. The van der Waals surface area contributed by atoms with Gasteiger partial charge in [-0.05, 0) is 30.5 Å². The topological polar surface area (TPSA) is 44.3 Å². The summed E-state index contributed by atoms with van der Waals surface area (Å²) in [5, 5.41) is 3.55. The van der Waals surface area contributed by atoms with E-state index in [1.807, 2.05) is 31.3 Å². The van der Waals surface area contributed by atoms with E-state index in [-0.39, 0.29) is 0 Å². The molecule has 1 atom stereocenters. The van der Waals surface area contributed by atoms with Gasteiger partial charge in [0.1, 0.15) is 5.82 Å². The fourth-order valence-corrected chi connectivity index (χ4v) is 2.98. The monoisotopic (exact) mass is 311 g/mol. The van der Waals surface area contributed by atoms with E-state index < -0.39 is 0 Å². The van der Waals surface area contributed by atoms with Crippen LogP contribution in [0.1, 0.15) is 17.5 Å². The minimum atomic E-state index is 0.448. The molecule has 5 nitrogen and oxygen atoms in total. The van der Waals surface area contributed by atoms with Gasteiger partial charge in [-0.1, -0.05) is 24.3 Å². The zero-order chi connectivity index (χ0) is 16.2. The van der Waals surface area contributed by atoms with Crippen LogP contribution < -0.4 is 10.2 Å². The van der Waals surface area contributed by atoms with Gasteiger partial charge in [0.15, 0.2) is 0 Å². The molecule has 0 radical (unpaired) electrons. The maximum Gasteiger partial charge on any atom is 0.226 e. The fourth-order valence-electron chi connectivity index (χ4n) is 2.98. The number of nitrogens with zero attached hydrogens (tertiary/aromatic N) is 4. The summed E-state index contributed by atoms with van der Waals surface area (Å²) >= 11 is 0. The van der Waals surface area contributed by atoms with Crippen molar-refractivity contribution in [2.75, 3.05) is 37.4 Å². The Labute approximate surface area is 138 Å². The summed E-state index contributed by atoms with van der Waals surface area (Å²) in [6, 6.07) is 11.0. The van der Waals surface area contributed by atoms with Crippen LogP contribution in [0.25, 0.3) is 0 Å². The molecule has 3 rings (SSSR count). The summed E-state index contributed by atoms with van der Waals surface area (Å²) in [4.78, 5) is 13.2. The molecule has 122 valence electrons. The molecule has 2 aromatic rings. The molecule has 1 aliphatic rings. The standard InChI is InChI=1S/C18H25N5/c1-14-6-4-5-7-15(14)12-23-11-9-16(13-23)20-17-8-10-19-18(21-17)22(2)3/h4-8,10,16H,9,11-13H2,1-3H3,(H,19,20,21). The Kier molecular flexibility index (Phi) is 4.76. The van der Waals surface area contributed by atoms with Crippen LogP contribution in [-0.2, 0) is 6.54 Å². The molecule has 0 bridgehead atoms. The number of benzene rings is 1. The van der Waals surface area contributed by atoms with Gasteiger partial charge >= 0.3 is 0 Å². The second-order valence-electron chi connectivity index (χ2n) is 6.43. The number of aromatic nitrogens is 2. The highest BCUT2D eigenvalue weighted by Gasteiger charge is 2.23. The zero-order valence-electron chi connectivity index (χ0n) is 14.2. The Bertz CT molecular complexity index is 655. The Hall–Kier alpha value is -2.14. The highest BCUT2D eigenvalue weighted by molar-refractivity contribution is 5.41. The van der Waals surface area contributed by atoms with E-state index in [1.54, 1.807) is 0 Å². The molecular weight excluding hydrogens is 286 g/mol. The van der Waals surface area contributed by atoms with Crippen LogP contribution in [0.2, 0.25) is 0 Å². The summed E-state index contributed by atoms with van der Waals surface area (Å²) in [6.45, 7) is 5.38. The highest BCUT2D eigenvalue weighted by atomic mass is 15.2. The molecule has 1 saturated heterocycles. The molecule has 0 aliphatic carbocycles. The zero-order valence-corrected chi connectivity index (χ0v) is 14.2. The lowest BCUT2D eigenvalue weighted by Crippen LogP contribution is -2.26. The summed E-state index contributed by atoms with van der Waals surface area (Å²) in [7, 11) is 3.91. The first-order chi connectivity index (χ1) is 11.1. The third kappa shape index (κ3) is 3.99. The van der Waals surface area contributed by atoms with Crippen molar-refractivity contribution in [3.8, 4) is 0 Å². The molecule has 1 aliphatic heterocycles. The molecule has 1 aromatic heterocycles. The molecule has 2 heterocycles. The van der Waals surface area contributed by atoms with Gasteiger partial charge in [0.2, 0.25) is 5.95 Å². The largest absolute Gasteiger partial charge is 0.366 e. The van der Waals surface area contributed by atoms with Crippen molar-refractivity contribution in [3.63, 3.8) is 0 Å². The average molecular weight is 311 g/mol. The van der Waals surface area contributed by atoms with E-state index in [0.29, 0.717) is 6.04 Å². The van der Waals surface area contributed by atoms with Crippen LogP contribution in [0.15, 0.2) is 36.5 Å². The summed E-state index contributed by atoms with van der Waals surface area (Å²) in [5.74, 6) is 1.65. The Morgan fingerprint density at radius 1 is 1.26 bits per heavy atom. The van der Waals surface area contributed by atoms with Crippen molar-refractivity contribution in [2.45, 2.75) is 25.9 Å². The minimum Gasteiger partial charge on any atom is -0.366 e. The van der Waals surface area contributed by atoms with Gasteiger partial charge in [0, 0.05) is 46.0 Å². The molecule has 0 spiro atoms. The van der Waals surface area contributed by atoms with Crippen molar-refractivity contribution in [2.24, 2.45) is 0 Å². The van der Waals surface area contributed by atoms with E-state index in [1.165, 1.54) is 11.1 Å². The van der Waals surface area contributed by atoms with Crippen molar-refractivity contribution in [1.82, 2.24) is 14.9 Å². The number of anilines is 2. The van der Waals surface area contributed by atoms with E-state index >= 15 is 0 Å². The molecular formula is C18H25N5. The Morgan fingerprint density at radius 3 is 2.87 bits per heavy atom. The second kappa shape index (κ2) is 6.96. The molecule has 0 saturated carbocycles. The predicted molar refractivity (Wildman–Crippen MR) is 94.8 cm³/mol. The third-order valence-corrected chi connectivity index (χ3v) is 4.32. The lowest BCUT2D eigenvalue weighted by Gasteiger charge is -2.18. The fraction of sp³-hybridized carbons (Fsp3) is 0.444. The van der Waals surface area contributed by atoms with Crippen LogP contribution in [0.3, 0.4) is 0 Å². The van der Waals surface area contributed by atoms with Crippen LogP contribution in [0.5, 0.6) is 0 Å². The molecule has 1 aromatic carbocycles. The lowest BCUT2D eigenvalue weighted by molar-refractivity contribution is 0.328. The first-order valence-electron chi connectivity index (χ1n) is 8.15. The quantitative estimate of drug-likeness (QED) is 0.919. The summed E-state index contributed by atoms with van der Waals surface area (Å²) < 4.78 is 0. The van der Waals surface area contributed by atoms with E-state index in [4.69, 9.17) is 0 Å². The van der Waals surface area contributed by atoms with Gasteiger partial charge in [-0.15, -0.1) is 0 Å². The highest BCUT2D eigenvalue weighted by Crippen LogP contribution is 2.19. The summed E-state index contributed by atoms with van der Waals surface area (Å²) in [5.41, 5.74) is 2.79. The number of hydrogen-bond donors (Lipinski definition) is 1. The van der Waals surface area contributed by atoms with E-state index in [9.17, 15) is 0 Å². The van der Waals surface area contributed by atoms with E-state index in [0.717, 1.165) is 37.8 Å². The molecule has 5 heteroatoms. The van der Waals surface area contributed by atoms with Crippen LogP contribution in [0, 0.1) is 6.92 Å². The van der Waals surface area contributed by atoms with Crippen molar-refractivity contribution in [1.29, 1.82) is 0 Å². The molecule has 1 fully saturated rings. The molecule has 1 N–H and O–H groups in total. The number of aryl methyl sites for hydroxylation is 1. The lowest BCUT2D eigenvalue weighted by atomic mass is 10.1. The third-order valence-electron chi connectivity index (χ3n) is 4.32. The smallest absolute Gasteiger partial charge is 0.226 e. The maximum atomic E-state index is 4.54. The van der Waals surface area contributed by atoms with Crippen LogP contribution in [-0.4, -0.2) is 48.1 Å². The molecule has 1 unspecified atom stereocenters. The minimum absolute atomic E-state index is 0.448. The van der Waals surface area contributed by atoms with Gasteiger partial charge in [0.05, 0.1) is 0 Å².